The van der Waals surface area contributed by atoms with E-state index >= 15 is 0 Å². The number of sulfonamides is 1. The number of hydrogen-bond acceptors (Lipinski definition) is 2. The van der Waals surface area contributed by atoms with Gasteiger partial charge in [-0.1, -0.05) is 18.2 Å². The lowest BCUT2D eigenvalue weighted by Gasteiger charge is -2.10. The van der Waals surface area contributed by atoms with E-state index in [4.69, 9.17) is 0 Å². The molecule has 0 saturated carbocycles. The Morgan fingerprint density at radius 2 is 1.58 bits per heavy atom. The summed E-state index contributed by atoms with van der Waals surface area (Å²) in [6.07, 6.45) is 0. The van der Waals surface area contributed by atoms with Crippen LogP contribution in [0.2, 0.25) is 0 Å². The minimum Gasteiger partial charge on any atom is -0.348 e. The van der Waals surface area contributed by atoms with Gasteiger partial charge in [0.15, 0.2) is 0 Å². The molecular weight excluding hydrogens is 260 g/mol. The molecule has 0 radical (unpaired) electrons. The highest BCUT2D eigenvalue weighted by Gasteiger charge is 2.12. The highest BCUT2D eigenvalue weighted by molar-refractivity contribution is 7.89. The number of nitrogens with zero attached hydrogens (tertiary/aromatic N) is 1. The molecule has 5 heteroatoms. The molecule has 102 valence electrons. The van der Waals surface area contributed by atoms with Crippen LogP contribution in [0.1, 0.15) is 11.4 Å². The van der Waals surface area contributed by atoms with E-state index in [2.05, 4.69) is 9.29 Å². The Bertz CT molecular complexity index is 626. The van der Waals surface area contributed by atoms with Crippen molar-refractivity contribution in [1.82, 2.24) is 9.29 Å². The lowest BCUT2D eigenvalue weighted by molar-refractivity contribution is 0.570. The maximum Gasteiger partial charge on any atom is 0.240 e. The average molecular weight is 278 g/mol. The third-order valence-electron chi connectivity index (χ3n) is 3.10. The summed E-state index contributed by atoms with van der Waals surface area (Å²) in [4.78, 5) is 0.302. The summed E-state index contributed by atoms with van der Waals surface area (Å²) in [7, 11) is -3.40. The van der Waals surface area contributed by atoms with Crippen molar-refractivity contribution < 1.29 is 8.42 Å². The molecule has 0 unspecified atom stereocenters. The van der Waals surface area contributed by atoms with Crippen molar-refractivity contribution in [1.29, 1.82) is 0 Å². The van der Waals surface area contributed by atoms with Gasteiger partial charge in [0.05, 0.1) is 4.90 Å². The highest BCUT2D eigenvalue weighted by Crippen LogP contribution is 2.08. The van der Waals surface area contributed by atoms with E-state index in [0.29, 0.717) is 18.0 Å². The first-order valence-corrected chi connectivity index (χ1v) is 7.66. The second-order valence-corrected chi connectivity index (χ2v) is 6.25. The summed E-state index contributed by atoms with van der Waals surface area (Å²) in [5.74, 6) is 0. The molecule has 0 aliphatic heterocycles. The van der Waals surface area contributed by atoms with Gasteiger partial charge in [-0.2, -0.15) is 0 Å². The fraction of sp³-hybridized carbons (Fsp3) is 0.286. The Kier molecular flexibility index (Phi) is 4.07. The Morgan fingerprint density at radius 3 is 2.16 bits per heavy atom. The molecule has 0 atom stereocenters. The minimum absolute atomic E-state index is 0.302. The van der Waals surface area contributed by atoms with Crippen LogP contribution in [0.15, 0.2) is 47.4 Å². The molecule has 0 bridgehead atoms. The molecular formula is C14H18N2O2S. The molecule has 1 N–H and O–H groups in total. The highest BCUT2D eigenvalue weighted by atomic mass is 32.2. The smallest absolute Gasteiger partial charge is 0.240 e. The summed E-state index contributed by atoms with van der Waals surface area (Å²) in [6.45, 7) is 5.04. The molecule has 1 heterocycles. The van der Waals surface area contributed by atoms with E-state index in [1.54, 1.807) is 30.3 Å². The van der Waals surface area contributed by atoms with Gasteiger partial charge in [-0.25, -0.2) is 13.1 Å². The number of nitrogens with one attached hydrogen (secondary N) is 1. The summed E-state index contributed by atoms with van der Waals surface area (Å²) >= 11 is 0. The second kappa shape index (κ2) is 5.59. The van der Waals surface area contributed by atoms with Crippen LogP contribution >= 0.6 is 0 Å². The van der Waals surface area contributed by atoms with Gasteiger partial charge in [0.1, 0.15) is 0 Å². The summed E-state index contributed by atoms with van der Waals surface area (Å²) in [6, 6.07) is 12.5. The van der Waals surface area contributed by atoms with Crippen molar-refractivity contribution in [3.05, 3.63) is 53.9 Å². The largest absolute Gasteiger partial charge is 0.348 e. The van der Waals surface area contributed by atoms with Gasteiger partial charge < -0.3 is 4.57 Å². The maximum atomic E-state index is 12.0. The fourth-order valence-electron chi connectivity index (χ4n) is 2.03. The minimum atomic E-state index is -3.40. The number of rotatable bonds is 5. The van der Waals surface area contributed by atoms with Crippen molar-refractivity contribution >= 4 is 10.0 Å². The van der Waals surface area contributed by atoms with Crippen LogP contribution in [-0.2, 0) is 16.6 Å². The SMILES string of the molecule is Cc1ccc(C)n1CCNS(=O)(=O)c1ccccc1. The number of hydrogen-bond donors (Lipinski definition) is 1. The zero-order valence-corrected chi connectivity index (χ0v) is 11.9. The van der Waals surface area contributed by atoms with Gasteiger partial charge in [0, 0.05) is 24.5 Å². The lowest BCUT2D eigenvalue weighted by Crippen LogP contribution is -2.27. The van der Waals surface area contributed by atoms with Crippen LogP contribution in [0.4, 0.5) is 0 Å². The van der Waals surface area contributed by atoms with Crippen molar-refractivity contribution in [3.8, 4) is 0 Å². The van der Waals surface area contributed by atoms with Gasteiger partial charge >= 0.3 is 0 Å². The van der Waals surface area contributed by atoms with E-state index < -0.39 is 10.0 Å². The topological polar surface area (TPSA) is 51.1 Å². The Hall–Kier alpha value is -1.59. The van der Waals surface area contributed by atoms with Gasteiger partial charge in [-0.3, -0.25) is 0 Å². The summed E-state index contributed by atoms with van der Waals surface area (Å²) in [5, 5.41) is 0. The van der Waals surface area contributed by atoms with E-state index in [1.807, 2.05) is 26.0 Å². The quantitative estimate of drug-likeness (QED) is 0.910. The van der Waals surface area contributed by atoms with Crippen LogP contribution in [0, 0.1) is 13.8 Å². The fourth-order valence-corrected chi connectivity index (χ4v) is 3.07. The first-order chi connectivity index (χ1) is 9.00. The van der Waals surface area contributed by atoms with Crippen LogP contribution in [0.5, 0.6) is 0 Å². The Balaban J connectivity index is 2.00. The first-order valence-electron chi connectivity index (χ1n) is 6.18. The number of aryl methyl sites for hydroxylation is 2. The predicted molar refractivity (Wildman–Crippen MR) is 75.5 cm³/mol. The molecule has 1 aromatic heterocycles. The van der Waals surface area contributed by atoms with Crippen molar-refractivity contribution in [2.45, 2.75) is 25.3 Å². The molecule has 0 saturated heterocycles. The standard InChI is InChI=1S/C14H18N2O2S/c1-12-8-9-13(2)16(12)11-10-15-19(17,18)14-6-4-3-5-7-14/h3-9,15H,10-11H2,1-2H3. The molecule has 19 heavy (non-hydrogen) atoms. The van der Waals surface area contributed by atoms with Crippen LogP contribution < -0.4 is 4.72 Å². The van der Waals surface area contributed by atoms with E-state index in [0.717, 1.165) is 11.4 Å². The monoisotopic (exact) mass is 278 g/mol. The molecule has 2 aromatic rings. The molecule has 0 spiro atoms. The van der Waals surface area contributed by atoms with Crippen LogP contribution in [-0.4, -0.2) is 19.5 Å². The summed E-state index contributed by atoms with van der Waals surface area (Å²) in [5.41, 5.74) is 2.27. The van der Waals surface area contributed by atoms with Crippen molar-refractivity contribution in [3.63, 3.8) is 0 Å². The van der Waals surface area contributed by atoms with Gasteiger partial charge in [-0.05, 0) is 38.1 Å². The molecule has 4 nitrogen and oxygen atoms in total. The lowest BCUT2D eigenvalue weighted by atomic mass is 10.4. The van der Waals surface area contributed by atoms with E-state index in [9.17, 15) is 8.42 Å². The molecule has 0 amide bonds. The van der Waals surface area contributed by atoms with E-state index in [-0.39, 0.29) is 0 Å². The number of aromatic nitrogens is 1. The Labute approximate surface area is 114 Å². The molecule has 0 aliphatic carbocycles. The van der Waals surface area contributed by atoms with Gasteiger partial charge in [0.2, 0.25) is 10.0 Å². The van der Waals surface area contributed by atoms with Gasteiger partial charge in [0.25, 0.3) is 0 Å². The molecule has 0 aliphatic rings. The molecule has 2 rings (SSSR count). The third-order valence-corrected chi connectivity index (χ3v) is 4.58. The Morgan fingerprint density at radius 1 is 1.00 bits per heavy atom. The second-order valence-electron chi connectivity index (χ2n) is 4.48. The van der Waals surface area contributed by atoms with Crippen molar-refractivity contribution in [2.75, 3.05) is 6.54 Å². The molecule has 1 aromatic carbocycles. The third kappa shape index (κ3) is 3.24. The predicted octanol–water partition coefficient (Wildman–Crippen LogP) is 2.08. The van der Waals surface area contributed by atoms with Crippen molar-refractivity contribution in [2.24, 2.45) is 0 Å². The maximum absolute atomic E-state index is 12.0. The summed E-state index contributed by atoms with van der Waals surface area (Å²) < 4.78 is 28.7. The zero-order valence-electron chi connectivity index (χ0n) is 11.1. The van der Waals surface area contributed by atoms with Crippen LogP contribution in [0.3, 0.4) is 0 Å². The zero-order chi connectivity index (χ0) is 13.9. The van der Waals surface area contributed by atoms with E-state index in [1.165, 1.54) is 0 Å². The van der Waals surface area contributed by atoms with Gasteiger partial charge in [-0.15, -0.1) is 0 Å². The normalized spacial score (nSPS) is 11.7. The average Bonchev–Trinajstić information content (AvgIpc) is 2.71. The molecule has 0 fully saturated rings. The number of benzene rings is 1. The first kappa shape index (κ1) is 13.8. The van der Waals surface area contributed by atoms with Crippen LogP contribution in [0.25, 0.3) is 0 Å².